The van der Waals surface area contributed by atoms with Crippen LogP contribution in [0, 0.1) is 5.82 Å². The highest BCUT2D eigenvalue weighted by molar-refractivity contribution is 7.86. The minimum atomic E-state index is -4.95. The van der Waals surface area contributed by atoms with Crippen LogP contribution in [0.4, 0.5) is 4.39 Å². The number of phenolic OH excluding ortho intramolecular Hbond substituents is 2. The van der Waals surface area contributed by atoms with E-state index in [0.29, 0.717) is 6.07 Å². The van der Waals surface area contributed by atoms with Crippen molar-refractivity contribution in [3.8, 4) is 22.8 Å². The van der Waals surface area contributed by atoms with E-state index < -0.39 is 48.7 Å². The molecule has 0 bridgehead atoms. The van der Waals surface area contributed by atoms with Crippen LogP contribution in [0.2, 0.25) is 0 Å². The Balaban J connectivity index is 0.000000537. The van der Waals surface area contributed by atoms with Gasteiger partial charge in [-0.25, -0.2) is 4.39 Å². The molecule has 0 fully saturated rings. The Kier molecular flexibility index (Phi) is 6.02. The maximum atomic E-state index is 13.0. The number of hydrogen-bond acceptors (Lipinski definition) is 6. The second kappa shape index (κ2) is 7.82. The molecule has 1 heterocycles. The first-order chi connectivity index (χ1) is 13.2. The quantitative estimate of drug-likeness (QED) is 0.425. The molecule has 0 spiro atoms. The molecule has 0 aliphatic carbocycles. The lowest BCUT2D eigenvalue weighted by molar-refractivity contribution is -0.849. The van der Waals surface area contributed by atoms with Crippen molar-refractivity contribution >= 4 is 21.1 Å². The number of benzene rings is 2. The van der Waals surface area contributed by atoms with Gasteiger partial charge in [0, 0.05) is 17.7 Å². The maximum Gasteiger partial charge on any atom is 0.302 e. The first-order valence-corrected chi connectivity index (χ1v) is 9.67. The van der Waals surface area contributed by atoms with Gasteiger partial charge in [-0.1, -0.05) is 0 Å². The monoisotopic (exact) mass is 426 g/mol. The van der Waals surface area contributed by atoms with Gasteiger partial charge in [0.05, 0.1) is 28.2 Å². The topological polar surface area (TPSA) is 125 Å². The molecule has 3 aromatic rings. The first-order valence-electron chi connectivity index (χ1n) is 8.23. The standard InChI is InChI=1S/C15H9FO7S.C4H12N/c16-8-3-1-7(2-4-8)12-6-10(18)13-9(17)5-11(19)15(14(13)23-12)24(20,21)22;1-5(2,3)4/h1-6,17,19H,(H,20,21,22);1-4H3/q;+1. The third-order valence-electron chi connectivity index (χ3n) is 3.30. The van der Waals surface area contributed by atoms with E-state index in [9.17, 15) is 32.4 Å². The van der Waals surface area contributed by atoms with Crippen molar-refractivity contribution in [1.29, 1.82) is 0 Å². The third kappa shape index (κ3) is 5.53. The molecule has 0 amide bonds. The summed E-state index contributed by atoms with van der Waals surface area (Å²) < 4.78 is 51.5. The zero-order valence-electron chi connectivity index (χ0n) is 16.2. The van der Waals surface area contributed by atoms with E-state index >= 15 is 0 Å². The first kappa shape index (κ1) is 22.3. The number of phenols is 2. The summed E-state index contributed by atoms with van der Waals surface area (Å²) in [7, 11) is 3.55. The van der Waals surface area contributed by atoms with Gasteiger partial charge < -0.3 is 19.1 Å². The molecule has 0 aliphatic heterocycles. The Bertz CT molecular complexity index is 1200. The van der Waals surface area contributed by atoms with Crippen LogP contribution in [-0.2, 0) is 10.1 Å². The number of aromatic hydroxyl groups is 2. The van der Waals surface area contributed by atoms with Crippen molar-refractivity contribution in [2.45, 2.75) is 4.90 Å². The smallest absolute Gasteiger partial charge is 0.302 e. The van der Waals surface area contributed by atoms with Crippen LogP contribution in [0.5, 0.6) is 11.5 Å². The molecule has 0 atom stereocenters. The van der Waals surface area contributed by atoms with Crippen LogP contribution in [0.1, 0.15) is 0 Å². The summed E-state index contributed by atoms with van der Waals surface area (Å²) >= 11 is 0. The van der Waals surface area contributed by atoms with Gasteiger partial charge in [0.2, 0.25) is 0 Å². The highest BCUT2D eigenvalue weighted by Gasteiger charge is 2.26. The molecule has 1 aromatic heterocycles. The molecular formula is C19H21FNO7S+. The molecule has 3 rings (SSSR count). The second-order valence-electron chi connectivity index (χ2n) is 7.59. The lowest BCUT2D eigenvalue weighted by Crippen LogP contribution is -2.27. The molecule has 0 saturated carbocycles. The van der Waals surface area contributed by atoms with Gasteiger partial charge in [0.25, 0.3) is 0 Å². The van der Waals surface area contributed by atoms with Gasteiger partial charge in [-0.15, -0.1) is 0 Å². The molecule has 8 nitrogen and oxygen atoms in total. The number of halogens is 1. The minimum absolute atomic E-state index is 0.137. The predicted molar refractivity (Wildman–Crippen MR) is 105 cm³/mol. The third-order valence-corrected chi connectivity index (χ3v) is 4.21. The van der Waals surface area contributed by atoms with Crippen molar-refractivity contribution in [2.24, 2.45) is 0 Å². The van der Waals surface area contributed by atoms with Crippen LogP contribution in [0.3, 0.4) is 0 Å². The summed E-state index contributed by atoms with van der Waals surface area (Å²) in [6.07, 6.45) is 0. The average Bonchev–Trinajstić information content (AvgIpc) is 2.51. The number of nitrogens with zero attached hydrogens (tertiary/aromatic N) is 1. The zero-order valence-corrected chi connectivity index (χ0v) is 17.0. The van der Waals surface area contributed by atoms with Crippen LogP contribution in [0.25, 0.3) is 22.3 Å². The molecule has 3 N–H and O–H groups in total. The average molecular weight is 426 g/mol. The molecule has 156 valence electrons. The molecule has 10 heteroatoms. The Morgan fingerprint density at radius 3 is 1.97 bits per heavy atom. The molecule has 0 aliphatic rings. The largest absolute Gasteiger partial charge is 0.507 e. The molecule has 0 radical (unpaired) electrons. The summed E-state index contributed by atoms with van der Waals surface area (Å²) in [5.74, 6) is -2.37. The van der Waals surface area contributed by atoms with E-state index in [2.05, 4.69) is 28.2 Å². The summed E-state index contributed by atoms with van der Waals surface area (Å²) in [4.78, 5) is 11.2. The molecule has 29 heavy (non-hydrogen) atoms. The molecule has 0 saturated heterocycles. The van der Waals surface area contributed by atoms with Crippen LogP contribution < -0.4 is 5.43 Å². The summed E-state index contributed by atoms with van der Waals surface area (Å²) in [5, 5.41) is 19.0. The van der Waals surface area contributed by atoms with E-state index in [1.54, 1.807) is 0 Å². The van der Waals surface area contributed by atoms with Gasteiger partial charge in [-0.2, -0.15) is 8.42 Å². The number of fused-ring (bicyclic) bond motifs is 1. The fourth-order valence-electron chi connectivity index (χ4n) is 2.29. The van der Waals surface area contributed by atoms with Crippen molar-refractivity contribution < 1.29 is 36.5 Å². The minimum Gasteiger partial charge on any atom is -0.507 e. The number of rotatable bonds is 2. The van der Waals surface area contributed by atoms with Gasteiger partial charge in [0.1, 0.15) is 28.5 Å². The lowest BCUT2D eigenvalue weighted by Gasteiger charge is -2.14. The van der Waals surface area contributed by atoms with E-state index in [1.807, 2.05) is 0 Å². The van der Waals surface area contributed by atoms with E-state index in [0.717, 1.165) is 22.7 Å². The Morgan fingerprint density at radius 1 is 0.966 bits per heavy atom. The van der Waals surface area contributed by atoms with Gasteiger partial charge in [-0.05, 0) is 24.3 Å². The van der Waals surface area contributed by atoms with E-state index in [-0.39, 0.29) is 11.3 Å². The fraction of sp³-hybridized carbons (Fsp3) is 0.211. The molecular weight excluding hydrogens is 405 g/mol. The highest BCUT2D eigenvalue weighted by Crippen LogP contribution is 2.37. The van der Waals surface area contributed by atoms with Crippen molar-refractivity contribution in [2.75, 3.05) is 28.2 Å². The Labute approximate surface area is 166 Å². The zero-order chi connectivity index (χ0) is 22.1. The van der Waals surface area contributed by atoms with Gasteiger partial charge in [-0.3, -0.25) is 9.35 Å². The van der Waals surface area contributed by atoms with E-state index in [4.69, 9.17) is 4.42 Å². The van der Waals surface area contributed by atoms with Crippen LogP contribution in [0.15, 0.2) is 50.5 Å². The Morgan fingerprint density at radius 2 is 1.48 bits per heavy atom. The van der Waals surface area contributed by atoms with E-state index in [1.165, 1.54) is 12.1 Å². The SMILES string of the molecule is C[N+](C)(C)C.O=c1cc(-c2ccc(F)cc2)oc2c(S(=O)(=O)O)c(O)cc(O)c12. The highest BCUT2D eigenvalue weighted by atomic mass is 32.2. The number of hydrogen-bond donors (Lipinski definition) is 3. The normalized spacial score (nSPS) is 11.8. The second-order valence-corrected chi connectivity index (χ2v) is 8.95. The maximum absolute atomic E-state index is 13.0. The van der Waals surface area contributed by atoms with Gasteiger partial charge >= 0.3 is 10.1 Å². The van der Waals surface area contributed by atoms with Crippen LogP contribution >= 0.6 is 0 Å². The predicted octanol–water partition coefficient (Wildman–Crippen LogP) is 2.58. The molecule has 0 unspecified atom stereocenters. The number of quaternary nitrogens is 1. The fourth-order valence-corrected chi connectivity index (χ4v) is 2.99. The molecule has 2 aromatic carbocycles. The summed E-state index contributed by atoms with van der Waals surface area (Å²) in [5.41, 5.74) is -1.26. The van der Waals surface area contributed by atoms with Crippen molar-refractivity contribution in [3.05, 3.63) is 52.4 Å². The summed E-state index contributed by atoms with van der Waals surface area (Å²) in [6.45, 7) is 0. The Hall–Kier alpha value is -2.95. The summed E-state index contributed by atoms with van der Waals surface area (Å²) in [6, 6.07) is 6.36. The van der Waals surface area contributed by atoms with Crippen molar-refractivity contribution in [3.63, 3.8) is 0 Å². The van der Waals surface area contributed by atoms with Gasteiger partial charge in [0.15, 0.2) is 15.9 Å². The van der Waals surface area contributed by atoms with Crippen LogP contribution in [-0.4, -0.2) is 55.9 Å². The van der Waals surface area contributed by atoms with Crippen molar-refractivity contribution in [1.82, 2.24) is 0 Å². The lowest BCUT2D eigenvalue weighted by atomic mass is 10.1.